The lowest BCUT2D eigenvalue weighted by Crippen LogP contribution is -2.51. The van der Waals surface area contributed by atoms with E-state index in [2.05, 4.69) is 18.7 Å². The van der Waals surface area contributed by atoms with Crippen molar-refractivity contribution >= 4 is 0 Å². The molecule has 1 heterocycles. The number of hydrogen-bond donors (Lipinski definition) is 1. The van der Waals surface area contributed by atoms with Crippen LogP contribution in [0.1, 0.15) is 33.1 Å². The fourth-order valence-electron chi connectivity index (χ4n) is 1.96. The van der Waals surface area contributed by atoms with Gasteiger partial charge in [0, 0.05) is 25.7 Å². The summed E-state index contributed by atoms with van der Waals surface area (Å²) in [5.74, 6) is 0.928. The van der Waals surface area contributed by atoms with Gasteiger partial charge in [0.25, 0.3) is 0 Å². The number of aliphatic hydroxyl groups is 1. The normalized spacial score (nSPS) is 22.2. The highest BCUT2D eigenvalue weighted by molar-refractivity contribution is 4.83. The Morgan fingerprint density at radius 3 is 2.50 bits per heavy atom. The first-order valence-electron chi connectivity index (χ1n) is 5.16. The molecule has 1 aliphatic heterocycles. The van der Waals surface area contributed by atoms with Crippen LogP contribution in [0.3, 0.4) is 0 Å². The molecule has 1 atom stereocenters. The smallest absolute Gasteiger partial charge is 0.0445 e. The third kappa shape index (κ3) is 2.20. The molecule has 1 saturated heterocycles. The summed E-state index contributed by atoms with van der Waals surface area (Å²) in [5.41, 5.74) is 0. The topological polar surface area (TPSA) is 23.5 Å². The zero-order valence-corrected chi connectivity index (χ0v) is 8.29. The van der Waals surface area contributed by atoms with Crippen LogP contribution in [0.4, 0.5) is 0 Å². The van der Waals surface area contributed by atoms with Crippen LogP contribution < -0.4 is 0 Å². The van der Waals surface area contributed by atoms with Gasteiger partial charge in [0.15, 0.2) is 0 Å². The molecule has 0 amide bonds. The van der Waals surface area contributed by atoms with Gasteiger partial charge < -0.3 is 5.11 Å². The van der Waals surface area contributed by atoms with Crippen LogP contribution in [-0.2, 0) is 0 Å². The molecule has 1 rings (SSSR count). The molecule has 1 aliphatic rings. The lowest BCUT2D eigenvalue weighted by molar-refractivity contribution is 0.0369. The minimum absolute atomic E-state index is 0.339. The second-order valence-electron chi connectivity index (χ2n) is 3.80. The number of rotatable bonds is 5. The predicted octanol–water partition coefficient (Wildman–Crippen LogP) is 1.49. The van der Waals surface area contributed by atoms with Gasteiger partial charge in [-0.05, 0) is 18.8 Å². The summed E-state index contributed by atoms with van der Waals surface area (Å²) >= 11 is 0. The summed E-state index contributed by atoms with van der Waals surface area (Å²) in [6.07, 6.45) is 3.44. The molecule has 0 aromatic rings. The largest absolute Gasteiger partial charge is 0.396 e. The van der Waals surface area contributed by atoms with Crippen molar-refractivity contribution in [2.75, 3.05) is 19.7 Å². The van der Waals surface area contributed by atoms with Crippen molar-refractivity contribution in [1.82, 2.24) is 4.90 Å². The van der Waals surface area contributed by atoms with Crippen molar-refractivity contribution in [3.63, 3.8) is 0 Å². The SMILES string of the molecule is CCC1CN(C(CC)CCO)C1. The molecule has 2 heteroatoms. The van der Waals surface area contributed by atoms with Gasteiger partial charge in [-0.15, -0.1) is 0 Å². The molecule has 1 fully saturated rings. The lowest BCUT2D eigenvalue weighted by atomic mass is 9.93. The first-order chi connectivity index (χ1) is 5.81. The Bertz CT molecular complexity index is 121. The summed E-state index contributed by atoms with van der Waals surface area (Å²) in [6, 6.07) is 0.637. The summed E-state index contributed by atoms with van der Waals surface area (Å²) in [6.45, 7) is 7.32. The molecule has 0 radical (unpaired) electrons. The monoisotopic (exact) mass is 171 g/mol. The van der Waals surface area contributed by atoms with Crippen molar-refractivity contribution in [2.24, 2.45) is 5.92 Å². The Morgan fingerprint density at radius 2 is 2.08 bits per heavy atom. The van der Waals surface area contributed by atoms with E-state index in [0.717, 1.165) is 12.3 Å². The fourth-order valence-corrected chi connectivity index (χ4v) is 1.96. The van der Waals surface area contributed by atoms with E-state index in [9.17, 15) is 0 Å². The van der Waals surface area contributed by atoms with Crippen LogP contribution in [0.25, 0.3) is 0 Å². The van der Waals surface area contributed by atoms with Crippen LogP contribution in [0.5, 0.6) is 0 Å². The number of aliphatic hydroxyl groups excluding tert-OH is 1. The highest BCUT2D eigenvalue weighted by Gasteiger charge is 2.29. The van der Waals surface area contributed by atoms with Gasteiger partial charge in [0.05, 0.1) is 0 Å². The average Bonchev–Trinajstić information content (AvgIpc) is 2.01. The van der Waals surface area contributed by atoms with Crippen molar-refractivity contribution in [2.45, 2.75) is 39.2 Å². The fraction of sp³-hybridized carbons (Fsp3) is 1.00. The molecule has 0 aliphatic carbocycles. The lowest BCUT2D eigenvalue weighted by Gasteiger charge is -2.44. The maximum atomic E-state index is 8.83. The van der Waals surface area contributed by atoms with E-state index in [1.807, 2.05) is 0 Å². The molecular weight excluding hydrogens is 150 g/mol. The Kier molecular flexibility index (Phi) is 4.02. The Hall–Kier alpha value is -0.0800. The minimum Gasteiger partial charge on any atom is -0.396 e. The zero-order chi connectivity index (χ0) is 8.97. The van der Waals surface area contributed by atoms with Crippen molar-refractivity contribution < 1.29 is 5.11 Å². The second-order valence-corrected chi connectivity index (χ2v) is 3.80. The van der Waals surface area contributed by atoms with Gasteiger partial charge in [0.1, 0.15) is 0 Å². The van der Waals surface area contributed by atoms with Crippen LogP contribution in [0, 0.1) is 5.92 Å². The van der Waals surface area contributed by atoms with Gasteiger partial charge in [-0.25, -0.2) is 0 Å². The van der Waals surface area contributed by atoms with Crippen LogP contribution in [-0.4, -0.2) is 35.7 Å². The molecule has 0 spiro atoms. The predicted molar refractivity (Wildman–Crippen MR) is 51.1 cm³/mol. The third-order valence-electron chi connectivity index (χ3n) is 3.01. The first-order valence-corrected chi connectivity index (χ1v) is 5.16. The average molecular weight is 171 g/mol. The maximum Gasteiger partial charge on any atom is 0.0445 e. The summed E-state index contributed by atoms with van der Waals surface area (Å²) in [4.78, 5) is 2.50. The molecular formula is C10H21NO. The minimum atomic E-state index is 0.339. The summed E-state index contributed by atoms with van der Waals surface area (Å²) in [7, 11) is 0. The molecule has 0 saturated carbocycles. The van der Waals surface area contributed by atoms with Gasteiger partial charge in [-0.2, -0.15) is 0 Å². The van der Waals surface area contributed by atoms with E-state index in [4.69, 9.17) is 5.11 Å². The Labute approximate surface area is 75.6 Å². The quantitative estimate of drug-likeness (QED) is 0.677. The Morgan fingerprint density at radius 1 is 1.42 bits per heavy atom. The number of nitrogens with zero attached hydrogens (tertiary/aromatic N) is 1. The van der Waals surface area contributed by atoms with E-state index >= 15 is 0 Å². The van der Waals surface area contributed by atoms with E-state index in [1.165, 1.54) is 25.9 Å². The molecule has 1 N–H and O–H groups in total. The summed E-state index contributed by atoms with van der Waals surface area (Å²) < 4.78 is 0. The van der Waals surface area contributed by atoms with E-state index < -0.39 is 0 Å². The standard InChI is InChI=1S/C10H21NO/c1-3-9-7-11(8-9)10(4-2)5-6-12/h9-10,12H,3-8H2,1-2H3. The molecule has 2 nitrogen and oxygen atoms in total. The van der Waals surface area contributed by atoms with E-state index in [-0.39, 0.29) is 0 Å². The molecule has 12 heavy (non-hydrogen) atoms. The van der Waals surface area contributed by atoms with E-state index in [1.54, 1.807) is 0 Å². The Balaban J connectivity index is 2.19. The van der Waals surface area contributed by atoms with Crippen LogP contribution in [0.2, 0.25) is 0 Å². The molecule has 1 unspecified atom stereocenters. The van der Waals surface area contributed by atoms with Gasteiger partial charge in [0.2, 0.25) is 0 Å². The van der Waals surface area contributed by atoms with Crippen LogP contribution >= 0.6 is 0 Å². The maximum absolute atomic E-state index is 8.83. The summed E-state index contributed by atoms with van der Waals surface area (Å²) in [5, 5.41) is 8.83. The molecule has 0 aromatic heterocycles. The highest BCUT2D eigenvalue weighted by Crippen LogP contribution is 2.23. The second kappa shape index (κ2) is 4.83. The number of hydrogen-bond acceptors (Lipinski definition) is 2. The van der Waals surface area contributed by atoms with Crippen molar-refractivity contribution in [1.29, 1.82) is 0 Å². The van der Waals surface area contributed by atoms with Crippen molar-refractivity contribution in [3.05, 3.63) is 0 Å². The molecule has 72 valence electrons. The molecule has 0 aromatic carbocycles. The first kappa shape index (κ1) is 10.0. The molecule has 0 bridgehead atoms. The highest BCUT2D eigenvalue weighted by atomic mass is 16.3. The van der Waals surface area contributed by atoms with E-state index in [0.29, 0.717) is 12.6 Å². The van der Waals surface area contributed by atoms with Gasteiger partial charge >= 0.3 is 0 Å². The third-order valence-corrected chi connectivity index (χ3v) is 3.01. The van der Waals surface area contributed by atoms with Crippen LogP contribution in [0.15, 0.2) is 0 Å². The zero-order valence-electron chi connectivity index (χ0n) is 8.29. The number of likely N-dealkylation sites (tertiary alicyclic amines) is 1. The van der Waals surface area contributed by atoms with Gasteiger partial charge in [-0.3, -0.25) is 4.90 Å². The van der Waals surface area contributed by atoms with Crippen molar-refractivity contribution in [3.8, 4) is 0 Å². The van der Waals surface area contributed by atoms with Gasteiger partial charge in [-0.1, -0.05) is 20.3 Å².